The molecule has 0 fully saturated rings. The van der Waals surface area contributed by atoms with Crippen molar-refractivity contribution >= 4 is 27.4 Å². The Hall–Kier alpha value is -1.79. The van der Waals surface area contributed by atoms with E-state index in [4.69, 9.17) is 4.74 Å². The lowest BCUT2D eigenvalue weighted by Gasteiger charge is -1.93. The van der Waals surface area contributed by atoms with Crippen LogP contribution in [0, 0.1) is 11.8 Å². The molecule has 2 aromatic rings. The van der Waals surface area contributed by atoms with Crippen LogP contribution < -0.4 is 0 Å². The van der Waals surface area contributed by atoms with Gasteiger partial charge in [-0.05, 0) is 29.8 Å². The summed E-state index contributed by atoms with van der Waals surface area (Å²) in [4.78, 5) is 11.1. The van der Waals surface area contributed by atoms with Crippen LogP contribution in [0.2, 0.25) is 0 Å². The van der Waals surface area contributed by atoms with Gasteiger partial charge in [0.1, 0.15) is 0 Å². The quantitative estimate of drug-likeness (QED) is 0.556. The first-order valence-corrected chi connectivity index (χ1v) is 5.84. The molecule has 0 saturated carbocycles. The first kappa shape index (κ1) is 10.7. The van der Waals surface area contributed by atoms with E-state index in [-0.39, 0.29) is 0 Å². The van der Waals surface area contributed by atoms with E-state index in [1.54, 1.807) is 18.3 Å². The Balaban J connectivity index is 2.33. The number of benzene rings is 1. The van der Waals surface area contributed by atoms with Crippen molar-refractivity contribution in [1.29, 1.82) is 0 Å². The Bertz CT molecular complexity index is 572. The zero-order valence-corrected chi connectivity index (χ0v) is 9.64. The normalized spacial score (nSPS) is 9.56. The van der Waals surface area contributed by atoms with Gasteiger partial charge in [0.2, 0.25) is 0 Å². The predicted molar refractivity (Wildman–Crippen MR) is 65.3 cm³/mol. The minimum atomic E-state index is -0.476. The van der Waals surface area contributed by atoms with Crippen LogP contribution in [0.15, 0.2) is 29.6 Å². The SMILES string of the molecule is CCOC(=O)C#Cc1cccc2ccsc12. The summed E-state index contributed by atoms with van der Waals surface area (Å²) in [6.07, 6.45) is 0. The fraction of sp³-hybridized carbons (Fsp3) is 0.154. The van der Waals surface area contributed by atoms with Crippen molar-refractivity contribution in [3.8, 4) is 11.8 Å². The Morgan fingerprint density at radius 2 is 2.31 bits per heavy atom. The summed E-state index contributed by atoms with van der Waals surface area (Å²) in [5.41, 5.74) is 0.876. The number of carbonyl (C=O) groups excluding carboxylic acids is 1. The van der Waals surface area contributed by atoms with E-state index < -0.39 is 5.97 Å². The fourth-order valence-corrected chi connectivity index (χ4v) is 2.25. The highest BCUT2D eigenvalue weighted by molar-refractivity contribution is 7.17. The molecule has 0 saturated heterocycles. The minimum absolute atomic E-state index is 0.358. The van der Waals surface area contributed by atoms with Gasteiger partial charge in [0, 0.05) is 16.2 Å². The largest absolute Gasteiger partial charge is 0.456 e. The third-order valence-corrected chi connectivity index (χ3v) is 3.02. The average molecular weight is 230 g/mol. The molecule has 16 heavy (non-hydrogen) atoms. The predicted octanol–water partition coefficient (Wildman–Crippen LogP) is 2.82. The van der Waals surface area contributed by atoms with E-state index >= 15 is 0 Å². The van der Waals surface area contributed by atoms with Gasteiger partial charge in [0.05, 0.1) is 6.61 Å². The monoisotopic (exact) mass is 230 g/mol. The van der Waals surface area contributed by atoms with E-state index in [0.29, 0.717) is 6.61 Å². The Morgan fingerprint density at radius 3 is 3.12 bits per heavy atom. The summed E-state index contributed by atoms with van der Waals surface area (Å²) in [6, 6.07) is 7.91. The van der Waals surface area contributed by atoms with Gasteiger partial charge in [-0.25, -0.2) is 4.79 Å². The second kappa shape index (κ2) is 4.82. The summed E-state index contributed by atoms with van der Waals surface area (Å²) in [5, 5.41) is 3.17. The van der Waals surface area contributed by atoms with Crippen LogP contribution in [-0.4, -0.2) is 12.6 Å². The van der Waals surface area contributed by atoms with Gasteiger partial charge < -0.3 is 4.74 Å². The van der Waals surface area contributed by atoms with E-state index in [2.05, 4.69) is 11.8 Å². The number of esters is 1. The molecule has 0 amide bonds. The Kier molecular flexibility index (Phi) is 3.23. The third kappa shape index (κ3) is 2.23. The zero-order chi connectivity index (χ0) is 11.4. The lowest BCUT2D eigenvalue weighted by atomic mass is 10.2. The molecule has 0 aliphatic carbocycles. The molecule has 80 valence electrons. The number of hydrogen-bond donors (Lipinski definition) is 0. The van der Waals surface area contributed by atoms with Gasteiger partial charge >= 0.3 is 5.97 Å². The van der Waals surface area contributed by atoms with Crippen LogP contribution in [0.3, 0.4) is 0 Å². The highest BCUT2D eigenvalue weighted by Crippen LogP contribution is 2.23. The number of thiophene rings is 1. The zero-order valence-electron chi connectivity index (χ0n) is 8.82. The summed E-state index contributed by atoms with van der Waals surface area (Å²) in [7, 11) is 0. The van der Waals surface area contributed by atoms with E-state index in [9.17, 15) is 4.79 Å². The second-order valence-electron chi connectivity index (χ2n) is 3.11. The summed E-state index contributed by atoms with van der Waals surface area (Å²) >= 11 is 1.62. The molecule has 0 bridgehead atoms. The van der Waals surface area contributed by atoms with E-state index in [1.807, 2.05) is 29.6 Å². The molecule has 0 aliphatic heterocycles. The molecule has 2 nitrogen and oxygen atoms in total. The fourth-order valence-electron chi connectivity index (χ4n) is 1.38. The number of fused-ring (bicyclic) bond motifs is 1. The third-order valence-electron chi connectivity index (χ3n) is 2.05. The number of ether oxygens (including phenoxy) is 1. The molecule has 1 heterocycles. The highest BCUT2D eigenvalue weighted by atomic mass is 32.1. The van der Waals surface area contributed by atoms with Crippen LogP contribution >= 0.6 is 11.3 Å². The lowest BCUT2D eigenvalue weighted by molar-refractivity contribution is -0.136. The maximum Gasteiger partial charge on any atom is 0.384 e. The molecule has 0 aliphatic rings. The molecule has 0 atom stereocenters. The molecule has 0 N–H and O–H groups in total. The summed E-state index contributed by atoms with van der Waals surface area (Å²) in [6.45, 7) is 2.12. The van der Waals surface area contributed by atoms with Crippen LogP contribution in [0.1, 0.15) is 12.5 Å². The van der Waals surface area contributed by atoms with Gasteiger partial charge in [-0.15, -0.1) is 11.3 Å². The first-order chi connectivity index (χ1) is 7.81. The molecular weight excluding hydrogens is 220 g/mol. The van der Waals surface area contributed by atoms with Crippen molar-refractivity contribution in [2.75, 3.05) is 6.61 Å². The molecule has 1 aromatic heterocycles. The second-order valence-corrected chi connectivity index (χ2v) is 4.03. The van der Waals surface area contributed by atoms with Gasteiger partial charge in [-0.1, -0.05) is 18.1 Å². The van der Waals surface area contributed by atoms with Crippen molar-refractivity contribution < 1.29 is 9.53 Å². The van der Waals surface area contributed by atoms with E-state index in [0.717, 1.165) is 15.6 Å². The van der Waals surface area contributed by atoms with Gasteiger partial charge in [-0.3, -0.25) is 0 Å². The minimum Gasteiger partial charge on any atom is -0.456 e. The van der Waals surface area contributed by atoms with Crippen molar-refractivity contribution in [2.24, 2.45) is 0 Å². The maximum atomic E-state index is 11.1. The molecule has 3 heteroatoms. The summed E-state index contributed by atoms with van der Waals surface area (Å²) in [5.74, 6) is 4.85. The number of hydrogen-bond acceptors (Lipinski definition) is 3. The number of rotatable bonds is 1. The Labute approximate surface area is 97.9 Å². The van der Waals surface area contributed by atoms with Crippen molar-refractivity contribution in [3.05, 3.63) is 35.2 Å². The molecule has 0 spiro atoms. The topological polar surface area (TPSA) is 26.3 Å². The number of carbonyl (C=O) groups is 1. The summed E-state index contributed by atoms with van der Waals surface area (Å²) < 4.78 is 5.86. The van der Waals surface area contributed by atoms with Gasteiger partial charge in [0.25, 0.3) is 0 Å². The van der Waals surface area contributed by atoms with Crippen LogP contribution in [-0.2, 0) is 9.53 Å². The molecule has 0 unspecified atom stereocenters. The van der Waals surface area contributed by atoms with Crippen molar-refractivity contribution in [1.82, 2.24) is 0 Å². The average Bonchev–Trinajstić information content (AvgIpc) is 2.75. The first-order valence-electron chi connectivity index (χ1n) is 4.96. The van der Waals surface area contributed by atoms with Crippen LogP contribution in [0.4, 0.5) is 0 Å². The highest BCUT2D eigenvalue weighted by Gasteiger charge is 1.99. The van der Waals surface area contributed by atoms with Crippen molar-refractivity contribution in [3.63, 3.8) is 0 Å². The van der Waals surface area contributed by atoms with Gasteiger partial charge in [-0.2, -0.15) is 0 Å². The van der Waals surface area contributed by atoms with E-state index in [1.165, 1.54) is 0 Å². The Morgan fingerprint density at radius 1 is 1.44 bits per heavy atom. The molecular formula is C13H10O2S. The molecule has 1 aromatic carbocycles. The van der Waals surface area contributed by atoms with Crippen LogP contribution in [0.5, 0.6) is 0 Å². The smallest absolute Gasteiger partial charge is 0.384 e. The standard InChI is InChI=1S/C13H10O2S/c1-2-15-12(14)7-6-10-4-3-5-11-8-9-16-13(10)11/h3-5,8-9H,2H2,1H3. The molecule has 0 radical (unpaired) electrons. The van der Waals surface area contributed by atoms with Crippen molar-refractivity contribution in [2.45, 2.75) is 6.92 Å². The maximum absolute atomic E-state index is 11.1. The van der Waals surface area contributed by atoms with Gasteiger partial charge in [0.15, 0.2) is 0 Å². The molecule has 2 rings (SSSR count). The van der Waals surface area contributed by atoms with Crippen LogP contribution in [0.25, 0.3) is 10.1 Å². The lowest BCUT2D eigenvalue weighted by Crippen LogP contribution is -1.99.